The summed E-state index contributed by atoms with van der Waals surface area (Å²) in [6.45, 7) is 0.290. The minimum Gasteiger partial charge on any atom is -0.387 e. The van der Waals surface area contributed by atoms with Crippen molar-refractivity contribution in [1.29, 1.82) is 5.41 Å². The Morgan fingerprint density at radius 3 is 2.81 bits per heavy atom. The number of nitrogens with two attached hydrogens (primary N) is 1. The Morgan fingerprint density at radius 1 is 1.24 bits per heavy atom. The lowest BCUT2D eigenvalue weighted by Crippen LogP contribution is -2.13. The van der Waals surface area contributed by atoms with Crippen LogP contribution >= 0.6 is 0 Å². The highest BCUT2D eigenvalue weighted by molar-refractivity contribution is 5.86. The van der Waals surface area contributed by atoms with Crippen LogP contribution < -0.4 is 5.73 Å². The van der Waals surface area contributed by atoms with Crippen LogP contribution in [0.5, 0.6) is 0 Å². The van der Waals surface area contributed by atoms with Crippen LogP contribution in [0.4, 0.5) is 4.39 Å². The van der Waals surface area contributed by atoms with Crippen LogP contribution in [0.3, 0.4) is 0 Å². The number of nitrogens with one attached hydrogen (secondary N) is 1. The first kappa shape index (κ1) is 13.2. The van der Waals surface area contributed by atoms with E-state index in [0.717, 1.165) is 5.39 Å². The molecule has 6 heteroatoms. The number of aromatic nitrogens is 3. The predicted octanol–water partition coefficient (Wildman–Crippen LogP) is 2.10. The van der Waals surface area contributed by atoms with E-state index < -0.39 is 0 Å². The number of hydrogen-bond donors (Lipinski definition) is 2. The third kappa shape index (κ3) is 2.60. The van der Waals surface area contributed by atoms with E-state index in [2.05, 4.69) is 10.1 Å². The van der Waals surface area contributed by atoms with Gasteiger partial charge in [0.15, 0.2) is 5.65 Å². The Hall–Kier alpha value is -2.76. The molecule has 2 heterocycles. The van der Waals surface area contributed by atoms with Gasteiger partial charge in [0.05, 0.1) is 18.1 Å². The van der Waals surface area contributed by atoms with Crippen molar-refractivity contribution in [2.45, 2.75) is 13.0 Å². The predicted molar refractivity (Wildman–Crippen MR) is 78.6 cm³/mol. The van der Waals surface area contributed by atoms with Gasteiger partial charge in [0.2, 0.25) is 0 Å². The molecule has 0 amide bonds. The molecule has 0 aliphatic rings. The standard InChI is InChI=1S/C15H14FN5/c16-12-6-2-1-4-10(12)9-21-15-11(5-3-7-19-15)13(20-21)8-14(17)18/h1-7H,8-9H2,(H3,17,18). The van der Waals surface area contributed by atoms with Crippen molar-refractivity contribution in [3.05, 3.63) is 59.7 Å². The number of nitrogens with zero attached hydrogens (tertiary/aromatic N) is 3. The summed E-state index contributed by atoms with van der Waals surface area (Å²) in [7, 11) is 0. The van der Waals surface area contributed by atoms with Crippen LogP contribution in [0.25, 0.3) is 11.0 Å². The Balaban J connectivity index is 2.06. The second kappa shape index (κ2) is 5.32. The van der Waals surface area contributed by atoms with Gasteiger partial charge in [0.1, 0.15) is 5.82 Å². The molecule has 21 heavy (non-hydrogen) atoms. The molecule has 0 spiro atoms. The fourth-order valence-corrected chi connectivity index (χ4v) is 2.28. The van der Waals surface area contributed by atoms with Crippen LogP contribution in [-0.4, -0.2) is 20.6 Å². The van der Waals surface area contributed by atoms with Crippen molar-refractivity contribution in [1.82, 2.24) is 14.8 Å². The van der Waals surface area contributed by atoms with Crippen molar-refractivity contribution in [2.24, 2.45) is 5.73 Å². The SMILES string of the molecule is N=C(N)Cc1nn(Cc2ccccc2F)c2ncccc12. The minimum absolute atomic E-state index is 0.0382. The summed E-state index contributed by atoms with van der Waals surface area (Å²) >= 11 is 0. The van der Waals surface area contributed by atoms with Gasteiger partial charge < -0.3 is 5.73 Å². The lowest BCUT2D eigenvalue weighted by molar-refractivity contribution is 0.587. The normalized spacial score (nSPS) is 10.9. The van der Waals surface area contributed by atoms with Crippen LogP contribution in [0.15, 0.2) is 42.6 Å². The van der Waals surface area contributed by atoms with E-state index in [1.165, 1.54) is 6.07 Å². The van der Waals surface area contributed by atoms with E-state index >= 15 is 0 Å². The third-order valence-corrected chi connectivity index (χ3v) is 3.22. The van der Waals surface area contributed by atoms with E-state index in [1.54, 1.807) is 35.1 Å². The van der Waals surface area contributed by atoms with Gasteiger partial charge in [-0.25, -0.2) is 14.1 Å². The van der Waals surface area contributed by atoms with Gasteiger partial charge in [-0.2, -0.15) is 5.10 Å². The summed E-state index contributed by atoms with van der Waals surface area (Å²) in [5.74, 6) is -0.235. The molecular formula is C15H14FN5. The largest absolute Gasteiger partial charge is 0.387 e. The summed E-state index contributed by atoms with van der Waals surface area (Å²) in [6.07, 6.45) is 1.92. The van der Waals surface area contributed by atoms with Crippen LogP contribution in [0, 0.1) is 11.2 Å². The Labute approximate surface area is 120 Å². The van der Waals surface area contributed by atoms with E-state index in [1.807, 2.05) is 6.07 Å². The lowest BCUT2D eigenvalue weighted by atomic mass is 10.2. The Morgan fingerprint density at radius 2 is 2.05 bits per heavy atom. The summed E-state index contributed by atoms with van der Waals surface area (Å²) < 4.78 is 15.4. The monoisotopic (exact) mass is 283 g/mol. The topological polar surface area (TPSA) is 80.6 Å². The zero-order chi connectivity index (χ0) is 14.8. The van der Waals surface area contributed by atoms with Crippen molar-refractivity contribution in [2.75, 3.05) is 0 Å². The van der Waals surface area contributed by atoms with Gasteiger partial charge in [-0.15, -0.1) is 0 Å². The quantitative estimate of drug-likeness (QED) is 0.568. The van der Waals surface area contributed by atoms with Crippen molar-refractivity contribution < 1.29 is 4.39 Å². The molecule has 3 aromatic rings. The first-order valence-electron chi connectivity index (χ1n) is 6.52. The average molecular weight is 283 g/mol. The molecule has 106 valence electrons. The van der Waals surface area contributed by atoms with Crippen LogP contribution in [-0.2, 0) is 13.0 Å². The second-order valence-electron chi connectivity index (χ2n) is 4.77. The molecule has 0 unspecified atom stereocenters. The number of amidine groups is 1. The van der Waals surface area contributed by atoms with Crippen LogP contribution in [0.1, 0.15) is 11.3 Å². The van der Waals surface area contributed by atoms with Crippen molar-refractivity contribution >= 4 is 16.9 Å². The molecular weight excluding hydrogens is 269 g/mol. The molecule has 0 aliphatic carbocycles. The number of halogens is 1. The Kier molecular flexibility index (Phi) is 3.35. The number of pyridine rings is 1. The van der Waals surface area contributed by atoms with E-state index in [9.17, 15) is 4.39 Å². The smallest absolute Gasteiger partial charge is 0.158 e. The molecule has 0 saturated heterocycles. The first-order chi connectivity index (χ1) is 10.1. The second-order valence-corrected chi connectivity index (χ2v) is 4.77. The average Bonchev–Trinajstić information content (AvgIpc) is 2.79. The van der Waals surface area contributed by atoms with Gasteiger partial charge in [-0.05, 0) is 18.2 Å². The van der Waals surface area contributed by atoms with Gasteiger partial charge in [0.25, 0.3) is 0 Å². The highest BCUT2D eigenvalue weighted by Gasteiger charge is 2.13. The number of hydrogen-bond acceptors (Lipinski definition) is 3. The molecule has 3 rings (SSSR count). The van der Waals surface area contributed by atoms with E-state index in [4.69, 9.17) is 11.1 Å². The molecule has 1 aromatic carbocycles. The molecule has 0 atom stereocenters. The summed E-state index contributed by atoms with van der Waals surface area (Å²) in [6, 6.07) is 10.3. The van der Waals surface area contributed by atoms with Crippen molar-refractivity contribution in [3.8, 4) is 0 Å². The van der Waals surface area contributed by atoms with E-state index in [-0.39, 0.29) is 24.6 Å². The number of fused-ring (bicyclic) bond motifs is 1. The van der Waals surface area contributed by atoms with E-state index in [0.29, 0.717) is 16.9 Å². The zero-order valence-electron chi connectivity index (χ0n) is 11.3. The number of rotatable bonds is 4. The molecule has 0 radical (unpaired) electrons. The van der Waals surface area contributed by atoms with Crippen LogP contribution in [0.2, 0.25) is 0 Å². The van der Waals surface area contributed by atoms with Crippen molar-refractivity contribution in [3.63, 3.8) is 0 Å². The van der Waals surface area contributed by atoms with Gasteiger partial charge >= 0.3 is 0 Å². The fraction of sp³-hybridized carbons (Fsp3) is 0.133. The maximum Gasteiger partial charge on any atom is 0.158 e. The summed E-state index contributed by atoms with van der Waals surface area (Å²) in [4.78, 5) is 4.30. The lowest BCUT2D eigenvalue weighted by Gasteiger charge is -2.04. The highest BCUT2D eigenvalue weighted by Crippen LogP contribution is 2.18. The first-order valence-corrected chi connectivity index (χ1v) is 6.52. The van der Waals surface area contributed by atoms with Gasteiger partial charge in [0, 0.05) is 23.6 Å². The molecule has 0 bridgehead atoms. The maximum atomic E-state index is 13.8. The third-order valence-electron chi connectivity index (χ3n) is 3.22. The molecule has 2 aromatic heterocycles. The number of benzene rings is 1. The molecule has 3 N–H and O–H groups in total. The summed E-state index contributed by atoms with van der Waals surface area (Å²) in [5.41, 5.74) is 7.34. The minimum atomic E-state index is -0.273. The fourth-order valence-electron chi connectivity index (χ4n) is 2.28. The molecule has 0 aliphatic heterocycles. The van der Waals surface area contributed by atoms with Gasteiger partial charge in [-0.3, -0.25) is 5.41 Å². The highest BCUT2D eigenvalue weighted by atomic mass is 19.1. The van der Waals surface area contributed by atoms with Gasteiger partial charge in [-0.1, -0.05) is 18.2 Å². The molecule has 0 saturated carbocycles. The molecule has 5 nitrogen and oxygen atoms in total. The summed E-state index contributed by atoms with van der Waals surface area (Å²) in [5, 5.41) is 12.7. The Bertz CT molecular complexity index is 809. The maximum absolute atomic E-state index is 13.8. The zero-order valence-corrected chi connectivity index (χ0v) is 11.3. The molecule has 0 fully saturated rings.